The lowest BCUT2D eigenvalue weighted by Crippen LogP contribution is -2.28. The molecular formula is C14H24N2O2S. The van der Waals surface area contributed by atoms with Crippen molar-refractivity contribution in [3.8, 4) is 0 Å². The summed E-state index contributed by atoms with van der Waals surface area (Å²) in [6, 6.07) is 5.42. The molecule has 0 aliphatic heterocycles. The molecule has 0 fully saturated rings. The number of benzene rings is 1. The minimum atomic E-state index is -3.37. The van der Waals surface area contributed by atoms with Crippen molar-refractivity contribution in [2.24, 2.45) is 5.73 Å². The molecule has 19 heavy (non-hydrogen) atoms. The summed E-state index contributed by atoms with van der Waals surface area (Å²) in [5.74, 6) is 0. The first-order valence-electron chi connectivity index (χ1n) is 6.63. The van der Waals surface area contributed by atoms with E-state index in [9.17, 15) is 8.42 Å². The van der Waals surface area contributed by atoms with Crippen LogP contribution in [0.25, 0.3) is 0 Å². The third kappa shape index (κ3) is 4.30. The Kier molecular flexibility index (Phi) is 5.97. The van der Waals surface area contributed by atoms with Crippen molar-refractivity contribution in [3.63, 3.8) is 0 Å². The lowest BCUT2D eigenvalue weighted by Gasteiger charge is -2.18. The molecule has 5 heteroatoms. The van der Waals surface area contributed by atoms with Crippen molar-refractivity contribution < 1.29 is 8.42 Å². The molecule has 0 aromatic heterocycles. The average molecular weight is 284 g/mol. The van der Waals surface area contributed by atoms with Gasteiger partial charge in [-0.05, 0) is 44.9 Å². The van der Waals surface area contributed by atoms with E-state index in [1.54, 1.807) is 13.1 Å². The largest absolute Gasteiger partial charge is 0.330 e. The Morgan fingerprint density at radius 1 is 1.16 bits per heavy atom. The molecule has 1 aromatic rings. The summed E-state index contributed by atoms with van der Waals surface area (Å²) in [5, 5.41) is 0. The molecule has 0 unspecified atom stereocenters. The number of hydrogen-bond acceptors (Lipinski definition) is 3. The van der Waals surface area contributed by atoms with Crippen molar-refractivity contribution in [2.75, 3.05) is 20.1 Å². The zero-order valence-corrected chi connectivity index (χ0v) is 12.8. The first kappa shape index (κ1) is 16.1. The molecular weight excluding hydrogens is 260 g/mol. The van der Waals surface area contributed by atoms with Gasteiger partial charge in [0.25, 0.3) is 0 Å². The van der Waals surface area contributed by atoms with Gasteiger partial charge in [-0.25, -0.2) is 12.7 Å². The van der Waals surface area contributed by atoms with E-state index in [0.717, 1.165) is 30.4 Å². The molecule has 108 valence electrons. The van der Waals surface area contributed by atoms with E-state index in [-0.39, 0.29) is 0 Å². The Balaban J connectivity index is 2.79. The lowest BCUT2D eigenvalue weighted by molar-refractivity contribution is 0.452. The minimum absolute atomic E-state index is 0.402. The molecule has 0 aliphatic rings. The predicted molar refractivity (Wildman–Crippen MR) is 78.6 cm³/mol. The van der Waals surface area contributed by atoms with Gasteiger partial charge in [0, 0.05) is 13.6 Å². The van der Waals surface area contributed by atoms with Crippen molar-refractivity contribution in [3.05, 3.63) is 29.3 Å². The van der Waals surface area contributed by atoms with Gasteiger partial charge in [0.2, 0.25) is 10.0 Å². The third-order valence-electron chi connectivity index (χ3n) is 3.20. The van der Waals surface area contributed by atoms with Crippen LogP contribution in [0.15, 0.2) is 23.1 Å². The Morgan fingerprint density at radius 3 is 2.42 bits per heavy atom. The second kappa shape index (κ2) is 7.03. The topological polar surface area (TPSA) is 63.4 Å². The van der Waals surface area contributed by atoms with Crippen LogP contribution in [0.4, 0.5) is 0 Å². The highest BCUT2D eigenvalue weighted by Crippen LogP contribution is 2.20. The molecule has 0 bridgehead atoms. The fourth-order valence-electron chi connectivity index (χ4n) is 2.03. The standard InChI is InChI=1S/C14H24N2O2S/c1-12-7-8-14(13(2)11-12)19(17,18)16(3)10-6-4-5-9-15/h7-8,11H,4-6,9-10,15H2,1-3H3. The summed E-state index contributed by atoms with van der Waals surface area (Å²) >= 11 is 0. The molecule has 1 rings (SSSR count). The molecule has 0 spiro atoms. The summed E-state index contributed by atoms with van der Waals surface area (Å²) in [6.45, 7) is 4.99. The normalized spacial score (nSPS) is 12.1. The van der Waals surface area contributed by atoms with Crippen LogP contribution in [0, 0.1) is 13.8 Å². The van der Waals surface area contributed by atoms with Gasteiger partial charge in [0.1, 0.15) is 0 Å². The monoisotopic (exact) mass is 284 g/mol. The maximum Gasteiger partial charge on any atom is 0.243 e. The Hall–Kier alpha value is -0.910. The molecule has 0 radical (unpaired) electrons. The highest BCUT2D eigenvalue weighted by atomic mass is 32.2. The van der Waals surface area contributed by atoms with Crippen LogP contribution in [0.5, 0.6) is 0 Å². The van der Waals surface area contributed by atoms with E-state index >= 15 is 0 Å². The number of hydrogen-bond donors (Lipinski definition) is 1. The van der Waals surface area contributed by atoms with Gasteiger partial charge >= 0.3 is 0 Å². The minimum Gasteiger partial charge on any atom is -0.330 e. The SMILES string of the molecule is Cc1ccc(S(=O)(=O)N(C)CCCCCN)c(C)c1. The molecule has 0 aliphatic carbocycles. The van der Waals surface area contributed by atoms with Crippen molar-refractivity contribution >= 4 is 10.0 Å². The van der Waals surface area contributed by atoms with Crippen molar-refractivity contribution in [1.82, 2.24) is 4.31 Å². The second-order valence-electron chi connectivity index (χ2n) is 4.94. The van der Waals surface area contributed by atoms with Gasteiger partial charge in [-0.3, -0.25) is 0 Å². The van der Waals surface area contributed by atoms with Crippen LogP contribution in [-0.2, 0) is 10.0 Å². The molecule has 1 aromatic carbocycles. The van der Waals surface area contributed by atoms with Gasteiger partial charge in [-0.15, -0.1) is 0 Å². The highest BCUT2D eigenvalue weighted by Gasteiger charge is 2.21. The molecule has 2 N–H and O–H groups in total. The Bertz CT molecular complexity index is 512. The number of unbranched alkanes of at least 4 members (excludes halogenated alkanes) is 2. The van der Waals surface area contributed by atoms with Crippen LogP contribution in [-0.4, -0.2) is 32.9 Å². The number of nitrogens with two attached hydrogens (primary N) is 1. The molecule has 0 heterocycles. The van der Waals surface area contributed by atoms with Gasteiger partial charge in [-0.2, -0.15) is 0 Å². The molecule has 0 atom stereocenters. The summed E-state index contributed by atoms with van der Waals surface area (Å²) in [5.41, 5.74) is 7.30. The van der Waals surface area contributed by atoms with Crippen LogP contribution < -0.4 is 5.73 Å². The average Bonchev–Trinajstić information content (AvgIpc) is 2.33. The first-order valence-corrected chi connectivity index (χ1v) is 8.07. The van der Waals surface area contributed by atoms with Gasteiger partial charge in [-0.1, -0.05) is 24.1 Å². The van der Waals surface area contributed by atoms with Gasteiger partial charge < -0.3 is 5.73 Å². The van der Waals surface area contributed by atoms with Crippen LogP contribution in [0.2, 0.25) is 0 Å². The van der Waals surface area contributed by atoms with E-state index < -0.39 is 10.0 Å². The van der Waals surface area contributed by atoms with Crippen molar-refractivity contribution in [2.45, 2.75) is 38.0 Å². The molecule has 0 saturated carbocycles. The Labute approximate surface area is 116 Å². The highest BCUT2D eigenvalue weighted by molar-refractivity contribution is 7.89. The summed E-state index contributed by atoms with van der Waals surface area (Å²) in [6.07, 6.45) is 2.75. The third-order valence-corrected chi connectivity index (χ3v) is 5.21. The number of rotatable bonds is 7. The van der Waals surface area contributed by atoms with Crippen molar-refractivity contribution in [1.29, 1.82) is 0 Å². The summed E-state index contributed by atoms with van der Waals surface area (Å²) < 4.78 is 26.3. The fourth-order valence-corrected chi connectivity index (χ4v) is 3.44. The smallest absolute Gasteiger partial charge is 0.243 e. The second-order valence-corrected chi connectivity index (χ2v) is 6.96. The van der Waals surface area contributed by atoms with E-state index in [2.05, 4.69) is 0 Å². The van der Waals surface area contributed by atoms with Crippen LogP contribution in [0.3, 0.4) is 0 Å². The first-order chi connectivity index (χ1) is 8.89. The van der Waals surface area contributed by atoms with E-state index in [4.69, 9.17) is 5.73 Å². The molecule has 0 amide bonds. The van der Waals surface area contributed by atoms with E-state index in [1.165, 1.54) is 4.31 Å². The summed E-state index contributed by atoms with van der Waals surface area (Å²) in [7, 11) is -1.74. The number of nitrogens with zero attached hydrogens (tertiary/aromatic N) is 1. The summed E-state index contributed by atoms with van der Waals surface area (Å²) in [4.78, 5) is 0.402. The lowest BCUT2D eigenvalue weighted by atomic mass is 10.2. The van der Waals surface area contributed by atoms with Gasteiger partial charge in [0.15, 0.2) is 0 Å². The zero-order chi connectivity index (χ0) is 14.5. The number of sulfonamides is 1. The molecule has 0 saturated heterocycles. The zero-order valence-electron chi connectivity index (χ0n) is 12.0. The fraction of sp³-hybridized carbons (Fsp3) is 0.571. The maximum absolute atomic E-state index is 12.4. The van der Waals surface area contributed by atoms with Crippen LogP contribution >= 0.6 is 0 Å². The quantitative estimate of drug-likeness (QED) is 0.779. The molecule has 4 nitrogen and oxygen atoms in total. The van der Waals surface area contributed by atoms with Gasteiger partial charge in [0.05, 0.1) is 4.90 Å². The van der Waals surface area contributed by atoms with E-state index in [0.29, 0.717) is 18.0 Å². The van der Waals surface area contributed by atoms with Crippen LogP contribution in [0.1, 0.15) is 30.4 Å². The maximum atomic E-state index is 12.4. The predicted octanol–water partition coefficient (Wildman–Crippen LogP) is 2.05. The Morgan fingerprint density at radius 2 is 1.84 bits per heavy atom. The van der Waals surface area contributed by atoms with E-state index in [1.807, 2.05) is 26.0 Å². The number of aryl methyl sites for hydroxylation is 2.